The molecule has 0 unspecified atom stereocenters. The fourth-order valence-electron chi connectivity index (χ4n) is 4.58. The summed E-state index contributed by atoms with van der Waals surface area (Å²) in [6.07, 6.45) is 2.22. The van der Waals surface area contributed by atoms with Crippen molar-refractivity contribution in [2.24, 2.45) is 13.0 Å². The topological polar surface area (TPSA) is 111 Å². The Kier molecular flexibility index (Phi) is 7.54. The van der Waals surface area contributed by atoms with Crippen LogP contribution in [0.15, 0.2) is 23.1 Å². The van der Waals surface area contributed by atoms with Gasteiger partial charge in [0, 0.05) is 46.1 Å². The molecule has 2 fully saturated rings. The molecule has 2 saturated heterocycles. The molecule has 1 aromatic heterocycles. The van der Waals surface area contributed by atoms with Crippen molar-refractivity contribution < 1.29 is 27.5 Å². The quantitative estimate of drug-likeness (QED) is 0.536. The molecule has 0 bridgehead atoms. The maximum Gasteiger partial charge on any atom is 0.310 e. The Hall–Kier alpha value is -2.50. The SMILES string of the molecule is CCOC(=O)[C@@H]1CCCN(C(=O)CCc2nc3cc(S(=O)(=O)N4CCOCC4)ccc3n2C)C1. The van der Waals surface area contributed by atoms with Gasteiger partial charge in [-0.2, -0.15) is 4.31 Å². The molecule has 1 atom stereocenters. The highest BCUT2D eigenvalue weighted by atomic mass is 32.2. The molecule has 1 aromatic carbocycles. The highest BCUT2D eigenvalue weighted by molar-refractivity contribution is 7.89. The van der Waals surface area contributed by atoms with Crippen molar-refractivity contribution in [2.75, 3.05) is 46.0 Å². The van der Waals surface area contributed by atoms with Crippen LogP contribution in [0.25, 0.3) is 11.0 Å². The van der Waals surface area contributed by atoms with Gasteiger partial charge >= 0.3 is 5.97 Å². The molecule has 2 aliphatic heterocycles. The smallest absolute Gasteiger partial charge is 0.310 e. The van der Waals surface area contributed by atoms with Crippen molar-refractivity contribution >= 4 is 32.9 Å². The molecule has 0 saturated carbocycles. The summed E-state index contributed by atoms with van der Waals surface area (Å²) in [6, 6.07) is 4.96. The summed E-state index contributed by atoms with van der Waals surface area (Å²) in [5.74, 6) is 0.193. The summed E-state index contributed by atoms with van der Waals surface area (Å²) in [7, 11) is -1.74. The van der Waals surface area contributed by atoms with Crippen LogP contribution in [0.4, 0.5) is 0 Å². The number of carbonyl (C=O) groups is 2. The molecule has 3 heterocycles. The molecule has 0 spiro atoms. The van der Waals surface area contributed by atoms with Crippen LogP contribution >= 0.6 is 0 Å². The number of likely N-dealkylation sites (tertiary alicyclic amines) is 1. The van der Waals surface area contributed by atoms with Gasteiger partial charge in [0.05, 0.1) is 41.7 Å². The summed E-state index contributed by atoms with van der Waals surface area (Å²) in [4.78, 5) is 31.5. The van der Waals surface area contributed by atoms with Crippen molar-refractivity contribution in [1.29, 1.82) is 0 Å². The lowest BCUT2D eigenvalue weighted by atomic mass is 9.98. The fraction of sp³-hybridized carbons (Fsp3) is 0.609. The molecular formula is C23H32N4O6S. The summed E-state index contributed by atoms with van der Waals surface area (Å²) < 4.78 is 39.7. The first kappa shape index (κ1) is 24.6. The minimum atomic E-state index is -3.61. The second kappa shape index (κ2) is 10.4. The second-order valence-electron chi connectivity index (χ2n) is 8.68. The van der Waals surface area contributed by atoms with E-state index in [4.69, 9.17) is 9.47 Å². The number of fused-ring (bicyclic) bond motifs is 1. The number of carbonyl (C=O) groups excluding carboxylic acids is 2. The molecule has 11 heteroatoms. The van der Waals surface area contributed by atoms with Crippen LogP contribution in [-0.2, 0) is 42.6 Å². The predicted molar refractivity (Wildman–Crippen MR) is 125 cm³/mol. The van der Waals surface area contributed by atoms with Crippen molar-refractivity contribution in [1.82, 2.24) is 18.8 Å². The first-order chi connectivity index (χ1) is 16.3. The Morgan fingerprint density at radius 2 is 1.97 bits per heavy atom. The van der Waals surface area contributed by atoms with E-state index in [-0.39, 0.29) is 29.1 Å². The van der Waals surface area contributed by atoms with E-state index in [0.717, 1.165) is 18.4 Å². The van der Waals surface area contributed by atoms with Gasteiger partial charge in [0.25, 0.3) is 0 Å². The van der Waals surface area contributed by atoms with Gasteiger partial charge in [-0.25, -0.2) is 13.4 Å². The molecule has 1 amide bonds. The number of benzene rings is 1. The molecule has 0 N–H and O–H groups in total. The molecule has 2 aromatic rings. The molecule has 10 nitrogen and oxygen atoms in total. The number of nitrogens with zero attached hydrogens (tertiary/aromatic N) is 4. The predicted octanol–water partition coefficient (Wildman–Crippen LogP) is 1.33. The number of rotatable bonds is 7. The van der Waals surface area contributed by atoms with E-state index >= 15 is 0 Å². The van der Waals surface area contributed by atoms with E-state index in [0.29, 0.717) is 63.8 Å². The number of aromatic nitrogens is 2. The highest BCUT2D eigenvalue weighted by Crippen LogP contribution is 2.24. The van der Waals surface area contributed by atoms with Gasteiger partial charge in [0.2, 0.25) is 15.9 Å². The summed E-state index contributed by atoms with van der Waals surface area (Å²) in [5.41, 5.74) is 1.39. The number of piperidine rings is 1. The van der Waals surface area contributed by atoms with Crippen LogP contribution < -0.4 is 0 Å². The normalized spacial score (nSPS) is 19.9. The summed E-state index contributed by atoms with van der Waals surface area (Å²) in [6.45, 7) is 4.60. The third-order valence-electron chi connectivity index (χ3n) is 6.51. The number of hydrogen-bond donors (Lipinski definition) is 0. The lowest BCUT2D eigenvalue weighted by Crippen LogP contribution is -2.42. The summed E-state index contributed by atoms with van der Waals surface area (Å²) >= 11 is 0. The third kappa shape index (κ3) is 5.11. The average molecular weight is 493 g/mol. The fourth-order valence-corrected chi connectivity index (χ4v) is 6.01. The van der Waals surface area contributed by atoms with Crippen LogP contribution in [0.3, 0.4) is 0 Å². The van der Waals surface area contributed by atoms with E-state index in [1.54, 1.807) is 30.0 Å². The zero-order chi connectivity index (χ0) is 24.3. The zero-order valence-electron chi connectivity index (χ0n) is 19.7. The standard InChI is InChI=1S/C23H32N4O6S/c1-3-33-23(29)17-5-4-10-26(16-17)22(28)9-8-21-24-19-15-18(6-7-20(19)25(21)2)34(30,31)27-11-13-32-14-12-27/h6-7,15,17H,3-5,8-14,16H2,1-2H3/t17-/m1/s1. The van der Waals surface area contributed by atoms with E-state index in [9.17, 15) is 18.0 Å². The number of hydrogen-bond acceptors (Lipinski definition) is 7. The molecule has 34 heavy (non-hydrogen) atoms. The number of esters is 1. The molecule has 0 aliphatic carbocycles. The lowest BCUT2D eigenvalue weighted by Gasteiger charge is -2.31. The number of aryl methyl sites for hydroxylation is 2. The van der Waals surface area contributed by atoms with Crippen molar-refractivity contribution in [3.05, 3.63) is 24.0 Å². The number of imidazole rings is 1. The van der Waals surface area contributed by atoms with Crippen LogP contribution in [0.1, 0.15) is 32.0 Å². The van der Waals surface area contributed by atoms with Gasteiger partial charge in [-0.15, -0.1) is 0 Å². The number of sulfonamides is 1. The molecule has 4 rings (SSSR count). The van der Waals surface area contributed by atoms with Gasteiger partial charge in [-0.05, 0) is 38.0 Å². The monoisotopic (exact) mass is 492 g/mol. The van der Waals surface area contributed by atoms with E-state index in [1.165, 1.54) is 4.31 Å². The van der Waals surface area contributed by atoms with Crippen molar-refractivity contribution in [3.8, 4) is 0 Å². The van der Waals surface area contributed by atoms with Crippen LogP contribution in [0.5, 0.6) is 0 Å². The first-order valence-corrected chi connectivity index (χ1v) is 13.2. The van der Waals surface area contributed by atoms with E-state index in [1.807, 2.05) is 11.6 Å². The highest BCUT2D eigenvalue weighted by Gasteiger charge is 2.30. The minimum Gasteiger partial charge on any atom is -0.466 e. The Morgan fingerprint density at radius 1 is 1.21 bits per heavy atom. The number of morpholine rings is 1. The largest absolute Gasteiger partial charge is 0.466 e. The van der Waals surface area contributed by atoms with Gasteiger partial charge in [0.15, 0.2) is 0 Å². The second-order valence-corrected chi connectivity index (χ2v) is 10.6. The van der Waals surface area contributed by atoms with Crippen LogP contribution in [0, 0.1) is 5.92 Å². The van der Waals surface area contributed by atoms with E-state index in [2.05, 4.69) is 4.98 Å². The van der Waals surface area contributed by atoms with Crippen LogP contribution in [-0.4, -0.2) is 85.1 Å². The first-order valence-electron chi connectivity index (χ1n) is 11.8. The van der Waals surface area contributed by atoms with Gasteiger partial charge in [0.1, 0.15) is 5.82 Å². The summed E-state index contributed by atoms with van der Waals surface area (Å²) in [5, 5.41) is 0. The van der Waals surface area contributed by atoms with Gasteiger partial charge in [-0.3, -0.25) is 9.59 Å². The Morgan fingerprint density at radius 3 is 2.71 bits per heavy atom. The minimum absolute atomic E-state index is 0.0170. The maximum absolute atomic E-state index is 13.0. The molecule has 186 valence electrons. The molecular weight excluding hydrogens is 460 g/mol. The number of ether oxygens (including phenoxy) is 2. The molecule has 2 aliphatic rings. The Labute approximate surface area is 199 Å². The van der Waals surface area contributed by atoms with Crippen molar-refractivity contribution in [3.63, 3.8) is 0 Å². The average Bonchev–Trinajstić information content (AvgIpc) is 3.18. The Bertz CT molecular complexity index is 1160. The van der Waals surface area contributed by atoms with Gasteiger partial charge < -0.3 is 18.9 Å². The van der Waals surface area contributed by atoms with Crippen LogP contribution in [0.2, 0.25) is 0 Å². The van der Waals surface area contributed by atoms with E-state index < -0.39 is 10.0 Å². The Balaban J connectivity index is 1.44. The maximum atomic E-state index is 13.0. The lowest BCUT2D eigenvalue weighted by molar-refractivity contribution is -0.151. The molecule has 0 radical (unpaired) electrons. The number of amides is 1. The third-order valence-corrected chi connectivity index (χ3v) is 8.40. The van der Waals surface area contributed by atoms with Crippen molar-refractivity contribution in [2.45, 2.75) is 37.5 Å². The zero-order valence-corrected chi connectivity index (χ0v) is 20.6. The van der Waals surface area contributed by atoms with Gasteiger partial charge in [-0.1, -0.05) is 0 Å².